The number of esters is 1. The van der Waals surface area contributed by atoms with Crippen molar-refractivity contribution in [3.8, 4) is 0 Å². The van der Waals surface area contributed by atoms with Gasteiger partial charge < -0.3 is 69.5 Å². The molecule has 2 aliphatic heterocycles. The smallest absolute Gasteiger partial charge is 0.311 e. The summed E-state index contributed by atoms with van der Waals surface area (Å²) in [7, 11) is 5.33. The third-order valence-corrected chi connectivity index (χ3v) is 15.0. The highest BCUT2D eigenvalue weighted by Crippen LogP contribution is 2.38. The zero-order valence-corrected chi connectivity index (χ0v) is 44.3. The molecule has 2 fully saturated rings. The van der Waals surface area contributed by atoms with Crippen molar-refractivity contribution in [2.45, 2.75) is 212 Å². The summed E-state index contributed by atoms with van der Waals surface area (Å²) in [6.45, 7) is 19.9. The highest BCUT2D eigenvalue weighted by molar-refractivity contribution is 7.80. The summed E-state index contributed by atoms with van der Waals surface area (Å²) < 4.78 is 37.8. The van der Waals surface area contributed by atoms with E-state index in [0.29, 0.717) is 44.1 Å². The number of nitrogens with zero attached hydrogens (tertiary/aromatic N) is 2. The van der Waals surface area contributed by atoms with Crippen molar-refractivity contribution in [1.82, 2.24) is 20.4 Å². The second-order valence-corrected chi connectivity index (χ2v) is 21.4. The molecule has 2 heterocycles. The number of rotatable bonds is 18. The first-order valence-corrected chi connectivity index (χ1v) is 25.6. The van der Waals surface area contributed by atoms with Crippen LogP contribution in [0, 0.1) is 17.8 Å². The molecule has 68 heavy (non-hydrogen) atoms. The fourth-order valence-electron chi connectivity index (χ4n) is 10.5. The quantitative estimate of drug-likeness (QED) is 0.0480. The first kappa shape index (κ1) is 58.5. The van der Waals surface area contributed by atoms with Gasteiger partial charge in [0, 0.05) is 57.7 Å². The molecular formula is C51H90N4O12S. The normalized spacial score (nSPS) is 36.0. The summed E-state index contributed by atoms with van der Waals surface area (Å²) in [5, 5.41) is 66.6. The fraction of sp³-hybridized carbons (Fsp3) is 0.843. The molecule has 0 bridgehead atoms. The molecule has 1 aliphatic carbocycles. The number of nitrogens with one attached hydrogen (secondary N) is 2. The van der Waals surface area contributed by atoms with Crippen molar-refractivity contribution in [2.24, 2.45) is 17.8 Å². The molecule has 0 spiro atoms. The van der Waals surface area contributed by atoms with Crippen LogP contribution in [-0.2, 0) is 52.6 Å². The lowest BCUT2D eigenvalue weighted by Crippen LogP contribution is -2.59. The van der Waals surface area contributed by atoms with Gasteiger partial charge in [0.2, 0.25) is 0 Å². The molecule has 2 saturated heterocycles. The van der Waals surface area contributed by atoms with E-state index in [2.05, 4.69) is 33.7 Å². The Morgan fingerprint density at radius 1 is 1.06 bits per heavy atom. The number of hydrogen-bond donors (Lipinski definition) is 7. The fourth-order valence-corrected chi connectivity index (χ4v) is 10.7. The van der Waals surface area contributed by atoms with E-state index in [4.69, 9.17) is 40.6 Å². The molecule has 392 valence electrons. The molecule has 0 saturated carbocycles. The first-order valence-electron chi connectivity index (χ1n) is 25.2. The Kier molecular flexibility index (Phi) is 22.8. The summed E-state index contributed by atoms with van der Waals surface area (Å²) in [5.74, 6) is -2.77. The predicted molar refractivity (Wildman–Crippen MR) is 266 cm³/mol. The van der Waals surface area contributed by atoms with Crippen LogP contribution in [0.5, 0.6) is 0 Å². The van der Waals surface area contributed by atoms with Gasteiger partial charge >= 0.3 is 5.97 Å². The molecule has 17 heteroatoms. The van der Waals surface area contributed by atoms with E-state index in [9.17, 15) is 30.3 Å². The predicted octanol–water partition coefficient (Wildman–Crippen LogP) is 4.06. The van der Waals surface area contributed by atoms with Gasteiger partial charge in [-0.15, -0.1) is 0 Å². The minimum atomic E-state index is -1.88. The highest BCUT2D eigenvalue weighted by atomic mass is 32.1. The minimum absolute atomic E-state index is 0.188. The van der Waals surface area contributed by atoms with Gasteiger partial charge in [0.25, 0.3) is 0 Å². The Morgan fingerprint density at radius 3 is 2.40 bits per heavy atom. The third kappa shape index (κ3) is 15.9. The highest BCUT2D eigenvalue weighted by Gasteiger charge is 2.51. The van der Waals surface area contributed by atoms with Crippen LogP contribution >= 0.6 is 12.2 Å². The van der Waals surface area contributed by atoms with Crippen LogP contribution in [0.4, 0.5) is 0 Å². The lowest BCUT2D eigenvalue weighted by Gasteiger charge is -2.47. The minimum Gasteiger partial charge on any atom is -0.459 e. The van der Waals surface area contributed by atoms with Gasteiger partial charge in [-0.1, -0.05) is 39.0 Å². The first-order chi connectivity index (χ1) is 31.9. The number of carbonyl (C=O) groups excluding carboxylic acids is 1. The maximum Gasteiger partial charge on any atom is 0.311 e. The molecule has 0 unspecified atom stereocenters. The molecule has 0 aromatic heterocycles. The van der Waals surface area contributed by atoms with Gasteiger partial charge in [-0.05, 0) is 142 Å². The zero-order valence-electron chi connectivity index (χ0n) is 43.5. The van der Waals surface area contributed by atoms with E-state index in [-0.39, 0.29) is 43.9 Å². The number of benzene rings is 1. The third-order valence-electron chi connectivity index (χ3n) is 14.7. The van der Waals surface area contributed by atoms with Crippen molar-refractivity contribution in [1.29, 1.82) is 0 Å². The number of cyclic esters (lactones) is 1. The van der Waals surface area contributed by atoms with E-state index >= 15 is 0 Å². The topological polar surface area (TPSA) is 204 Å². The Morgan fingerprint density at radius 2 is 1.75 bits per heavy atom. The van der Waals surface area contributed by atoms with Crippen LogP contribution in [0.3, 0.4) is 0 Å². The van der Waals surface area contributed by atoms with Gasteiger partial charge in [-0.25, -0.2) is 0 Å². The van der Waals surface area contributed by atoms with Crippen LogP contribution in [0.25, 0.3) is 0 Å². The molecule has 3 aliphatic rings. The Bertz CT molecular complexity index is 1710. The average molecular weight is 983 g/mol. The molecule has 1 aromatic carbocycles. The van der Waals surface area contributed by atoms with Gasteiger partial charge in [-0.3, -0.25) is 9.69 Å². The van der Waals surface area contributed by atoms with Crippen LogP contribution in [0.1, 0.15) is 124 Å². The Hall–Kier alpha value is -2.10. The summed E-state index contributed by atoms with van der Waals surface area (Å²) in [6, 6.07) is 5.70. The van der Waals surface area contributed by atoms with Crippen molar-refractivity contribution < 1.29 is 58.7 Å². The number of hydrogen-bond acceptors (Lipinski definition) is 15. The van der Waals surface area contributed by atoms with Crippen LogP contribution in [0.2, 0.25) is 0 Å². The van der Waals surface area contributed by atoms with Crippen molar-refractivity contribution in [3.05, 3.63) is 34.9 Å². The number of carbonyl (C=O) groups is 1. The van der Waals surface area contributed by atoms with E-state index in [1.54, 1.807) is 41.7 Å². The van der Waals surface area contributed by atoms with Crippen molar-refractivity contribution in [2.75, 3.05) is 47.4 Å². The molecule has 7 N–H and O–H groups in total. The maximum absolute atomic E-state index is 14.6. The summed E-state index contributed by atoms with van der Waals surface area (Å²) in [5.41, 5.74) is 0.525. The lowest BCUT2D eigenvalue weighted by atomic mass is 9.77. The molecule has 16 nitrogen and oxygen atoms in total. The SMILES string of the molecule is CC[C@H]1OC(=O)[C@H](C)[C@@H](O[C@@H](CCOC)O[C@@H](C)[C@@H](C)O)[C@H](C)[C@@H](O[C@@H]2O[C@H](C)C[C@H](N(C)C)[C@H]2O)[C@](C)(O)C[C@@H](C)CN(CCCNC(=S)NCc2ccc3c(c2)CCC3)[C@H](C)[C@@H](O)[C@]1(C)O. The summed E-state index contributed by atoms with van der Waals surface area (Å²) in [4.78, 5) is 18.6. The number of methoxy groups -OCH3 is 1. The van der Waals surface area contributed by atoms with E-state index in [0.717, 1.165) is 12.8 Å². The monoisotopic (exact) mass is 983 g/mol. The molecule has 1 aromatic rings. The zero-order chi connectivity index (χ0) is 50.7. The number of thiocarbonyl (C=S) groups is 1. The molecular weight excluding hydrogens is 893 g/mol. The summed E-state index contributed by atoms with van der Waals surface area (Å²) >= 11 is 5.66. The Balaban J connectivity index is 1.69. The van der Waals surface area contributed by atoms with E-state index in [1.165, 1.54) is 30.0 Å². The van der Waals surface area contributed by atoms with Crippen LogP contribution in [0.15, 0.2) is 18.2 Å². The second-order valence-electron chi connectivity index (χ2n) is 21.0. The summed E-state index contributed by atoms with van der Waals surface area (Å²) in [6.07, 6.45) is -4.35. The van der Waals surface area contributed by atoms with Gasteiger partial charge in [0.15, 0.2) is 17.7 Å². The van der Waals surface area contributed by atoms with Crippen molar-refractivity contribution in [3.63, 3.8) is 0 Å². The largest absolute Gasteiger partial charge is 0.459 e. The number of aryl methyl sites for hydroxylation is 2. The molecule has 0 radical (unpaired) electrons. The second kappa shape index (κ2) is 26.6. The molecule has 4 rings (SSSR count). The van der Waals surface area contributed by atoms with Crippen LogP contribution < -0.4 is 10.6 Å². The number of likely N-dealkylation sites (N-methyl/N-ethyl adjacent to an activating group) is 1. The van der Waals surface area contributed by atoms with Crippen LogP contribution in [-0.4, -0.2) is 179 Å². The number of fused-ring (bicyclic) bond motifs is 1. The Labute approximate surface area is 413 Å². The lowest BCUT2D eigenvalue weighted by molar-refractivity contribution is -0.306. The van der Waals surface area contributed by atoms with Crippen molar-refractivity contribution >= 4 is 23.3 Å². The van der Waals surface area contributed by atoms with E-state index in [1.807, 2.05) is 46.7 Å². The van der Waals surface area contributed by atoms with Gasteiger partial charge in [0.1, 0.15) is 23.9 Å². The average Bonchev–Trinajstić information content (AvgIpc) is 3.75. The number of aliphatic hydroxyl groups excluding tert-OH is 3. The number of aliphatic hydroxyl groups is 5. The molecule has 17 atom stereocenters. The van der Waals surface area contributed by atoms with Gasteiger partial charge in [-0.2, -0.15) is 0 Å². The standard InChI is InChI=1S/C51H90N4O12S/c1-14-41-51(10,61)45(58)34(6)55(23-16-22-52-49(68)53-28-37-19-20-38-17-15-18-39(38)26-37)29-30(2)27-50(9,60)46(67-48-43(57)40(54(11)12)25-31(3)63-48)32(4)44(33(5)47(59)65-41)66-42(21-24-62-13)64-36(8)35(7)56/h19-20,26,30-36,40-46,48,56-58,60-61H,14-18,21-25,27-29H2,1-13H3,(H2,52,53,68)/t30-,31-,32+,33-,34-,35-,36+,40+,41-,42+,43-,44+,45-,46-,48+,50-,51-/m1/s1. The number of ether oxygens (including phenoxy) is 6. The molecule has 0 amide bonds. The van der Waals surface area contributed by atoms with Gasteiger partial charge in [0.05, 0.1) is 48.6 Å². The maximum atomic E-state index is 14.6. The van der Waals surface area contributed by atoms with E-state index < -0.39 is 90.4 Å².